The number of hydrogen-bond donors (Lipinski definition) is 1. The molecule has 3 rings (SSSR count). The Hall–Kier alpha value is -3.48. The smallest absolute Gasteiger partial charge is 0.271 e. The lowest BCUT2D eigenvalue weighted by atomic mass is 10.1. The molecular weight excluding hydrogens is 306 g/mol. The van der Waals surface area contributed by atoms with Gasteiger partial charge in [0.15, 0.2) is 0 Å². The molecule has 24 heavy (non-hydrogen) atoms. The molecule has 2 aromatic carbocycles. The van der Waals surface area contributed by atoms with Crippen molar-refractivity contribution in [1.82, 2.24) is 9.55 Å². The van der Waals surface area contributed by atoms with E-state index in [9.17, 15) is 10.1 Å². The molecule has 0 atom stereocenters. The van der Waals surface area contributed by atoms with Crippen molar-refractivity contribution >= 4 is 17.1 Å². The molecule has 0 unspecified atom stereocenters. The largest absolute Gasteiger partial charge is 0.306 e. The lowest BCUT2D eigenvalue weighted by molar-refractivity contribution is -0.384. The number of hydrazone groups is 1. The second-order valence-corrected chi connectivity index (χ2v) is 5.13. The highest BCUT2D eigenvalue weighted by atomic mass is 16.6. The number of rotatable bonds is 5. The first-order valence-corrected chi connectivity index (χ1v) is 7.27. The second-order valence-electron chi connectivity index (χ2n) is 5.13. The number of anilines is 1. The second kappa shape index (κ2) is 6.74. The van der Waals surface area contributed by atoms with Gasteiger partial charge < -0.3 is 4.57 Å². The molecule has 0 bridgehead atoms. The summed E-state index contributed by atoms with van der Waals surface area (Å²) in [5.74, 6) is 0. The number of nitro groups is 1. The van der Waals surface area contributed by atoms with E-state index in [0.717, 1.165) is 17.0 Å². The zero-order valence-electron chi connectivity index (χ0n) is 13.0. The molecule has 0 spiro atoms. The first kappa shape index (κ1) is 15.4. The maximum Gasteiger partial charge on any atom is 0.271 e. The minimum absolute atomic E-state index is 0.0255. The molecule has 0 aliphatic heterocycles. The topological polar surface area (TPSA) is 85.4 Å². The van der Waals surface area contributed by atoms with Crippen LogP contribution in [-0.2, 0) is 0 Å². The van der Waals surface area contributed by atoms with Crippen LogP contribution in [0.5, 0.6) is 0 Å². The summed E-state index contributed by atoms with van der Waals surface area (Å²) < 4.78 is 1.91. The fraction of sp³-hybridized carbons (Fsp3) is 0.0588. The zero-order chi connectivity index (χ0) is 16.9. The van der Waals surface area contributed by atoms with E-state index in [2.05, 4.69) is 15.5 Å². The average Bonchev–Trinajstić information content (AvgIpc) is 3.14. The summed E-state index contributed by atoms with van der Waals surface area (Å²) in [6.07, 6.45) is 5.34. The number of hydrogen-bond acceptors (Lipinski definition) is 5. The SMILES string of the molecule is C/C(=N\Nc1cccc([N+](=O)[O-])c1)c1ccc(-n2ccnc2)cc1. The van der Waals surface area contributed by atoms with Crippen molar-refractivity contribution in [2.24, 2.45) is 5.10 Å². The van der Waals surface area contributed by atoms with Gasteiger partial charge in [0, 0.05) is 30.2 Å². The number of nitro benzene ring substituents is 1. The molecule has 1 N–H and O–H groups in total. The molecule has 0 saturated carbocycles. The van der Waals surface area contributed by atoms with Crippen LogP contribution < -0.4 is 5.43 Å². The van der Waals surface area contributed by atoms with Crippen molar-refractivity contribution in [1.29, 1.82) is 0 Å². The summed E-state index contributed by atoms with van der Waals surface area (Å²) in [6.45, 7) is 1.87. The lowest BCUT2D eigenvalue weighted by Gasteiger charge is -2.06. The van der Waals surface area contributed by atoms with Gasteiger partial charge in [0.1, 0.15) is 0 Å². The molecule has 7 heteroatoms. The van der Waals surface area contributed by atoms with E-state index in [1.54, 1.807) is 24.7 Å². The van der Waals surface area contributed by atoms with Gasteiger partial charge in [0.25, 0.3) is 5.69 Å². The molecule has 3 aromatic rings. The zero-order valence-corrected chi connectivity index (χ0v) is 13.0. The fourth-order valence-electron chi connectivity index (χ4n) is 2.19. The Morgan fingerprint density at radius 1 is 1.25 bits per heavy atom. The molecule has 0 amide bonds. The quantitative estimate of drug-likeness (QED) is 0.442. The maximum absolute atomic E-state index is 10.8. The highest BCUT2D eigenvalue weighted by Gasteiger charge is 2.05. The van der Waals surface area contributed by atoms with Crippen molar-refractivity contribution in [3.05, 3.63) is 82.9 Å². The Kier molecular flexibility index (Phi) is 4.33. The number of aromatic nitrogens is 2. The third-order valence-electron chi connectivity index (χ3n) is 3.50. The van der Waals surface area contributed by atoms with Crippen molar-refractivity contribution < 1.29 is 4.92 Å². The van der Waals surface area contributed by atoms with E-state index >= 15 is 0 Å². The molecule has 0 aliphatic rings. The molecule has 0 aliphatic carbocycles. The van der Waals surface area contributed by atoms with Crippen LogP contribution in [0.2, 0.25) is 0 Å². The van der Waals surface area contributed by atoms with Crippen LogP contribution in [0.15, 0.2) is 72.4 Å². The number of nitrogens with zero attached hydrogens (tertiary/aromatic N) is 4. The first-order chi connectivity index (χ1) is 11.6. The van der Waals surface area contributed by atoms with E-state index in [-0.39, 0.29) is 5.69 Å². The Morgan fingerprint density at radius 2 is 2.04 bits per heavy atom. The Labute approximate surface area is 138 Å². The van der Waals surface area contributed by atoms with E-state index in [4.69, 9.17) is 0 Å². The van der Waals surface area contributed by atoms with Gasteiger partial charge in [-0.15, -0.1) is 0 Å². The number of non-ortho nitro benzene ring substituents is 1. The minimum Gasteiger partial charge on any atom is -0.306 e. The molecule has 0 saturated heterocycles. The summed E-state index contributed by atoms with van der Waals surface area (Å²) in [6, 6.07) is 14.1. The van der Waals surface area contributed by atoms with Gasteiger partial charge in [0.2, 0.25) is 0 Å². The van der Waals surface area contributed by atoms with Crippen LogP contribution in [0.4, 0.5) is 11.4 Å². The predicted octanol–water partition coefficient (Wildman–Crippen LogP) is 3.62. The maximum atomic E-state index is 10.8. The minimum atomic E-state index is -0.434. The molecule has 120 valence electrons. The molecular formula is C17H15N5O2. The Balaban J connectivity index is 1.74. The van der Waals surface area contributed by atoms with Crippen molar-refractivity contribution in [3.8, 4) is 5.69 Å². The van der Waals surface area contributed by atoms with Gasteiger partial charge in [-0.1, -0.05) is 18.2 Å². The van der Waals surface area contributed by atoms with Crippen LogP contribution >= 0.6 is 0 Å². The van der Waals surface area contributed by atoms with E-state index in [1.807, 2.05) is 42.0 Å². The van der Waals surface area contributed by atoms with E-state index < -0.39 is 4.92 Å². The summed E-state index contributed by atoms with van der Waals surface area (Å²) in [7, 11) is 0. The summed E-state index contributed by atoms with van der Waals surface area (Å²) >= 11 is 0. The standard InChI is InChI=1S/C17H15N5O2/c1-13(19-20-15-3-2-4-17(11-15)22(23)24)14-5-7-16(8-6-14)21-10-9-18-12-21/h2-12,20H,1H3/b19-13+. The van der Waals surface area contributed by atoms with Crippen LogP contribution in [0, 0.1) is 10.1 Å². The highest BCUT2D eigenvalue weighted by Crippen LogP contribution is 2.17. The molecule has 0 fully saturated rings. The highest BCUT2D eigenvalue weighted by molar-refractivity contribution is 5.99. The molecule has 1 heterocycles. The number of imidazole rings is 1. The average molecular weight is 321 g/mol. The molecule has 7 nitrogen and oxygen atoms in total. The summed E-state index contributed by atoms with van der Waals surface area (Å²) in [5, 5.41) is 15.1. The van der Waals surface area contributed by atoms with E-state index in [0.29, 0.717) is 5.69 Å². The lowest BCUT2D eigenvalue weighted by Crippen LogP contribution is -2.00. The third-order valence-corrected chi connectivity index (χ3v) is 3.50. The van der Waals surface area contributed by atoms with Gasteiger partial charge in [-0.2, -0.15) is 5.10 Å². The van der Waals surface area contributed by atoms with Crippen molar-refractivity contribution in [2.75, 3.05) is 5.43 Å². The Morgan fingerprint density at radius 3 is 2.71 bits per heavy atom. The van der Waals surface area contributed by atoms with Gasteiger partial charge in [0.05, 0.1) is 22.6 Å². The third kappa shape index (κ3) is 3.46. The fourth-order valence-corrected chi connectivity index (χ4v) is 2.19. The summed E-state index contributed by atoms with van der Waals surface area (Å²) in [5.41, 5.74) is 6.18. The van der Waals surface area contributed by atoms with Crippen LogP contribution in [0.25, 0.3) is 5.69 Å². The number of benzene rings is 2. The van der Waals surface area contributed by atoms with Gasteiger partial charge in [-0.25, -0.2) is 4.98 Å². The van der Waals surface area contributed by atoms with Crippen LogP contribution in [-0.4, -0.2) is 20.2 Å². The van der Waals surface area contributed by atoms with Crippen molar-refractivity contribution in [2.45, 2.75) is 6.92 Å². The normalized spacial score (nSPS) is 11.3. The predicted molar refractivity (Wildman–Crippen MR) is 92.5 cm³/mol. The van der Waals surface area contributed by atoms with Gasteiger partial charge in [-0.3, -0.25) is 15.5 Å². The van der Waals surface area contributed by atoms with Gasteiger partial charge >= 0.3 is 0 Å². The van der Waals surface area contributed by atoms with Crippen LogP contribution in [0.3, 0.4) is 0 Å². The van der Waals surface area contributed by atoms with Gasteiger partial charge in [-0.05, 0) is 30.7 Å². The summed E-state index contributed by atoms with van der Waals surface area (Å²) in [4.78, 5) is 14.4. The van der Waals surface area contributed by atoms with Crippen molar-refractivity contribution in [3.63, 3.8) is 0 Å². The molecule has 0 radical (unpaired) electrons. The molecule has 1 aromatic heterocycles. The monoisotopic (exact) mass is 321 g/mol. The van der Waals surface area contributed by atoms with Crippen LogP contribution in [0.1, 0.15) is 12.5 Å². The Bertz CT molecular complexity index is 870. The first-order valence-electron chi connectivity index (χ1n) is 7.27. The van der Waals surface area contributed by atoms with E-state index in [1.165, 1.54) is 12.1 Å². The number of nitrogens with one attached hydrogen (secondary N) is 1.